The second-order valence-corrected chi connectivity index (χ2v) is 16.8. The molecular weight excluding hydrogens is 492 g/mol. The van der Waals surface area contributed by atoms with Gasteiger partial charge in [-0.2, -0.15) is 0 Å². The van der Waals surface area contributed by atoms with Gasteiger partial charge in [0.1, 0.15) is 0 Å². The van der Waals surface area contributed by atoms with Crippen LogP contribution in [0.2, 0.25) is 18.1 Å². The number of hydrogen-bond donors (Lipinski definition) is 0. The molecule has 0 aliphatic heterocycles. The summed E-state index contributed by atoms with van der Waals surface area (Å²) in [6.07, 6.45) is 8.17. The Morgan fingerprint density at radius 1 is 0.324 bits per heavy atom. The molecular formula is C22H56O9Si3. The zero-order valence-corrected chi connectivity index (χ0v) is 27.2. The zero-order chi connectivity index (χ0) is 26.9. The summed E-state index contributed by atoms with van der Waals surface area (Å²) in [5.41, 5.74) is 0. The highest BCUT2D eigenvalue weighted by Gasteiger charge is 2.37. The number of rotatable bonds is 19. The van der Waals surface area contributed by atoms with Crippen molar-refractivity contribution in [3.8, 4) is 0 Å². The van der Waals surface area contributed by atoms with E-state index in [9.17, 15) is 0 Å². The quantitative estimate of drug-likeness (QED) is 0.156. The van der Waals surface area contributed by atoms with Crippen LogP contribution in [0.5, 0.6) is 0 Å². The van der Waals surface area contributed by atoms with Crippen molar-refractivity contribution >= 4 is 26.4 Å². The summed E-state index contributed by atoms with van der Waals surface area (Å²) < 4.78 is 47.1. The van der Waals surface area contributed by atoms with E-state index >= 15 is 0 Å². The molecule has 0 atom stereocenters. The van der Waals surface area contributed by atoms with Crippen LogP contribution in [0.1, 0.15) is 65.7 Å². The van der Waals surface area contributed by atoms with Crippen LogP contribution in [0.15, 0.2) is 0 Å². The topological polar surface area (TPSA) is 83.1 Å². The molecule has 34 heavy (non-hydrogen) atoms. The monoisotopic (exact) mass is 548 g/mol. The minimum absolute atomic E-state index is 0.885. The Morgan fingerprint density at radius 2 is 0.618 bits per heavy atom. The minimum atomic E-state index is -2.27. The summed E-state index contributed by atoms with van der Waals surface area (Å²) in [4.78, 5) is 0. The molecule has 0 aromatic carbocycles. The molecule has 0 saturated carbocycles. The van der Waals surface area contributed by atoms with E-state index in [-0.39, 0.29) is 0 Å². The Morgan fingerprint density at radius 3 is 0.853 bits per heavy atom. The van der Waals surface area contributed by atoms with Crippen LogP contribution in [0.3, 0.4) is 0 Å². The molecule has 0 saturated heterocycles. The van der Waals surface area contributed by atoms with Gasteiger partial charge < -0.3 is 39.8 Å². The summed E-state index contributed by atoms with van der Waals surface area (Å²) in [6.45, 7) is 6.42. The van der Waals surface area contributed by atoms with Crippen molar-refractivity contribution in [1.29, 1.82) is 0 Å². The van der Waals surface area contributed by atoms with E-state index < -0.39 is 26.4 Å². The zero-order valence-electron chi connectivity index (χ0n) is 24.2. The summed E-state index contributed by atoms with van der Waals surface area (Å²) in [5.74, 6) is 0. The fourth-order valence-electron chi connectivity index (χ4n) is 3.14. The Hall–Kier alpha value is 0.291. The largest absolute Gasteiger partial charge is 0.500 e. The second-order valence-electron chi connectivity index (χ2n) is 7.55. The first kappa shape index (κ1) is 38.8. The molecule has 0 aromatic heterocycles. The van der Waals surface area contributed by atoms with Crippen molar-refractivity contribution < 1.29 is 39.8 Å². The van der Waals surface area contributed by atoms with Gasteiger partial charge in [-0.25, -0.2) is 0 Å². The maximum absolute atomic E-state index is 5.31. The maximum Gasteiger partial charge on any atom is 0.500 e. The number of hydrogen-bond acceptors (Lipinski definition) is 9. The van der Waals surface area contributed by atoms with E-state index in [1.807, 2.05) is 0 Å². The van der Waals surface area contributed by atoms with E-state index in [1.54, 1.807) is 64.0 Å². The Labute approximate surface area is 214 Å². The van der Waals surface area contributed by atoms with E-state index in [4.69, 9.17) is 39.8 Å². The Kier molecular flexibility index (Phi) is 28.5. The summed E-state index contributed by atoms with van der Waals surface area (Å²) >= 11 is 0. The average molecular weight is 549 g/mol. The molecule has 9 nitrogen and oxygen atoms in total. The summed E-state index contributed by atoms with van der Waals surface area (Å²) in [5, 5.41) is 0. The molecule has 0 fully saturated rings. The van der Waals surface area contributed by atoms with Crippen LogP contribution in [-0.4, -0.2) is 90.4 Å². The lowest BCUT2D eigenvalue weighted by atomic mass is 10.2. The molecule has 0 spiro atoms. The van der Waals surface area contributed by atoms with Crippen molar-refractivity contribution in [2.24, 2.45) is 0 Å². The first-order chi connectivity index (χ1) is 16.2. The highest BCUT2D eigenvalue weighted by atomic mass is 28.4. The van der Waals surface area contributed by atoms with Gasteiger partial charge in [0.15, 0.2) is 0 Å². The molecule has 210 valence electrons. The summed E-state index contributed by atoms with van der Waals surface area (Å²) in [6, 6.07) is 2.72. The normalized spacial score (nSPS) is 12.0. The van der Waals surface area contributed by atoms with Gasteiger partial charge in [-0.1, -0.05) is 52.9 Å². The van der Waals surface area contributed by atoms with Crippen molar-refractivity contribution in [1.82, 2.24) is 0 Å². The van der Waals surface area contributed by atoms with Crippen LogP contribution in [0.25, 0.3) is 0 Å². The van der Waals surface area contributed by atoms with Crippen molar-refractivity contribution in [3.63, 3.8) is 0 Å². The van der Waals surface area contributed by atoms with Crippen LogP contribution in [0.4, 0.5) is 0 Å². The maximum atomic E-state index is 5.31. The molecule has 0 bridgehead atoms. The van der Waals surface area contributed by atoms with Gasteiger partial charge in [0.05, 0.1) is 0 Å². The molecule has 12 heteroatoms. The van der Waals surface area contributed by atoms with Gasteiger partial charge in [-0.15, -0.1) is 0 Å². The minimum Gasteiger partial charge on any atom is -0.377 e. The van der Waals surface area contributed by atoms with Crippen LogP contribution < -0.4 is 0 Å². The Balaban J connectivity index is -0.000000428. The highest BCUT2D eigenvalue weighted by molar-refractivity contribution is 6.61. The van der Waals surface area contributed by atoms with Crippen molar-refractivity contribution in [2.75, 3.05) is 64.0 Å². The Bertz CT molecular complexity index is 384. The van der Waals surface area contributed by atoms with E-state index in [0.717, 1.165) is 43.8 Å². The SMILES string of the molecule is CCCCCC[Si](OC)(OC)OC.CCCC[Si](OC)(OC)OC.CCC[Si](OC)(OC)OC. The number of unbranched alkanes of at least 4 members (excludes halogenated alkanes) is 4. The van der Waals surface area contributed by atoms with E-state index in [2.05, 4.69) is 20.8 Å². The standard InChI is InChI=1S/C9H22O3Si.C7H18O3Si.C6H16O3Si/c1-5-6-7-8-9-13(10-2,11-3)12-4;1-5-6-7-11(8-2,9-3)10-4;1-5-6-10(7-2,8-3)9-4/h5-9H2,1-4H3;5-7H2,1-4H3;5-6H2,1-4H3. The van der Waals surface area contributed by atoms with Gasteiger partial charge in [0.25, 0.3) is 0 Å². The lowest BCUT2D eigenvalue weighted by Crippen LogP contribution is -2.42. The third kappa shape index (κ3) is 16.9. The molecule has 0 aliphatic rings. The third-order valence-corrected chi connectivity index (χ3v) is 14.2. The molecule has 0 heterocycles. The molecule has 0 aliphatic carbocycles. The lowest BCUT2D eigenvalue weighted by Gasteiger charge is -2.24. The fourth-order valence-corrected chi connectivity index (χ4v) is 8.56. The molecule has 0 aromatic rings. The van der Waals surface area contributed by atoms with E-state index in [1.165, 1.54) is 19.3 Å². The highest BCUT2D eigenvalue weighted by Crippen LogP contribution is 2.18. The first-order valence-electron chi connectivity index (χ1n) is 12.2. The van der Waals surface area contributed by atoms with Gasteiger partial charge in [0.2, 0.25) is 0 Å². The second kappa shape index (κ2) is 25.0. The predicted octanol–water partition coefficient (Wildman–Crippen LogP) is 5.38. The van der Waals surface area contributed by atoms with Gasteiger partial charge in [-0.05, 0) is 12.8 Å². The average Bonchev–Trinajstić information content (AvgIpc) is 2.90. The molecule has 0 rings (SSSR count). The van der Waals surface area contributed by atoms with Crippen LogP contribution in [0, 0.1) is 0 Å². The van der Waals surface area contributed by atoms with Crippen LogP contribution in [-0.2, 0) is 39.8 Å². The molecule has 0 amide bonds. The van der Waals surface area contributed by atoms with Crippen molar-refractivity contribution in [2.45, 2.75) is 83.8 Å². The summed E-state index contributed by atoms with van der Waals surface area (Å²) in [7, 11) is 8.12. The predicted molar refractivity (Wildman–Crippen MR) is 144 cm³/mol. The van der Waals surface area contributed by atoms with E-state index in [0.29, 0.717) is 0 Å². The molecule has 0 radical (unpaired) electrons. The molecule has 0 unspecified atom stereocenters. The smallest absolute Gasteiger partial charge is 0.377 e. The van der Waals surface area contributed by atoms with Gasteiger partial charge >= 0.3 is 26.4 Å². The van der Waals surface area contributed by atoms with Gasteiger partial charge in [-0.3, -0.25) is 0 Å². The molecule has 0 N–H and O–H groups in total. The van der Waals surface area contributed by atoms with Crippen molar-refractivity contribution in [3.05, 3.63) is 0 Å². The van der Waals surface area contributed by atoms with Gasteiger partial charge in [0, 0.05) is 82.1 Å². The van der Waals surface area contributed by atoms with Crippen LogP contribution >= 0.6 is 0 Å². The first-order valence-corrected chi connectivity index (χ1v) is 18.0. The lowest BCUT2D eigenvalue weighted by molar-refractivity contribution is 0.122. The third-order valence-electron chi connectivity index (χ3n) is 5.53. The fraction of sp³-hybridized carbons (Fsp3) is 1.00.